The number of carbonyl (C=O) groups is 2. The molecule has 0 aromatic heterocycles. The first-order chi connectivity index (χ1) is 17.7. The predicted octanol–water partition coefficient (Wildman–Crippen LogP) is 6.14. The number of nitrogen functional groups attached to an aromatic ring is 1. The van der Waals surface area contributed by atoms with E-state index in [0.717, 1.165) is 10.0 Å². The van der Waals surface area contributed by atoms with Crippen molar-refractivity contribution in [2.75, 3.05) is 24.8 Å². The summed E-state index contributed by atoms with van der Waals surface area (Å²) in [6, 6.07) is 15.7. The molecular formula is C29H27BrN2O5. The molecule has 1 heterocycles. The summed E-state index contributed by atoms with van der Waals surface area (Å²) in [6.07, 6.45) is 7.07. The van der Waals surface area contributed by atoms with E-state index in [1.165, 1.54) is 13.2 Å². The van der Waals surface area contributed by atoms with Crippen LogP contribution in [0.4, 0.5) is 11.4 Å². The van der Waals surface area contributed by atoms with Crippen LogP contribution in [0.1, 0.15) is 35.3 Å². The number of methoxy groups -OCH3 is 1. The molecule has 0 atom stereocenters. The Balaban J connectivity index is 1.49. The number of fused-ring (bicyclic) bond motifs is 1. The molecule has 0 saturated carbocycles. The minimum atomic E-state index is -0.521. The maximum absolute atomic E-state index is 13.1. The Labute approximate surface area is 224 Å². The number of hydrogen-bond acceptors (Lipinski definition) is 6. The van der Waals surface area contributed by atoms with Crippen LogP contribution in [0.2, 0.25) is 0 Å². The fraction of sp³-hybridized carbons (Fsp3) is 0.172. The summed E-state index contributed by atoms with van der Waals surface area (Å²) in [5, 5.41) is 2.72. The van der Waals surface area contributed by atoms with Gasteiger partial charge in [0.15, 0.2) is 23.9 Å². The number of ketones is 1. The molecule has 0 spiro atoms. The minimum absolute atomic E-state index is 0.201. The Morgan fingerprint density at radius 3 is 2.65 bits per heavy atom. The van der Waals surface area contributed by atoms with Crippen LogP contribution in [-0.2, 0) is 4.79 Å². The fourth-order valence-corrected chi connectivity index (χ4v) is 4.17. The second-order valence-electron chi connectivity index (χ2n) is 8.91. The highest BCUT2D eigenvalue weighted by Gasteiger charge is 2.26. The number of nitrogens with one attached hydrogen (secondary N) is 1. The molecule has 3 N–H and O–H groups in total. The van der Waals surface area contributed by atoms with E-state index in [-0.39, 0.29) is 18.3 Å². The quantitative estimate of drug-likeness (QED) is 0.194. The summed E-state index contributed by atoms with van der Waals surface area (Å²) in [6.45, 7) is 3.62. The first-order valence-corrected chi connectivity index (χ1v) is 12.3. The van der Waals surface area contributed by atoms with E-state index < -0.39 is 5.60 Å². The van der Waals surface area contributed by atoms with Crippen LogP contribution in [-0.4, -0.2) is 31.0 Å². The molecule has 8 heteroatoms. The SMILES string of the molecule is COc1ccc(/C=C/C(=O)c2ccc(Br)c3c2OC(C)(C)C=C3)cc1OCC(=O)Nc1ccccc1N. The average Bonchev–Trinajstić information content (AvgIpc) is 2.87. The van der Waals surface area contributed by atoms with Gasteiger partial charge >= 0.3 is 0 Å². The lowest BCUT2D eigenvalue weighted by Crippen LogP contribution is -2.28. The summed E-state index contributed by atoms with van der Waals surface area (Å²) < 4.78 is 18.0. The molecule has 190 valence electrons. The first-order valence-electron chi connectivity index (χ1n) is 11.6. The third-order valence-corrected chi connectivity index (χ3v) is 6.32. The van der Waals surface area contributed by atoms with Gasteiger partial charge in [-0.3, -0.25) is 9.59 Å². The molecule has 3 aromatic carbocycles. The van der Waals surface area contributed by atoms with E-state index in [0.29, 0.717) is 39.8 Å². The monoisotopic (exact) mass is 562 g/mol. The second kappa shape index (κ2) is 10.9. The van der Waals surface area contributed by atoms with E-state index in [4.69, 9.17) is 19.9 Å². The number of amides is 1. The van der Waals surface area contributed by atoms with E-state index in [2.05, 4.69) is 21.2 Å². The maximum atomic E-state index is 13.1. The van der Waals surface area contributed by atoms with Crippen molar-refractivity contribution in [3.8, 4) is 17.2 Å². The van der Waals surface area contributed by atoms with Crippen molar-refractivity contribution < 1.29 is 23.8 Å². The van der Waals surface area contributed by atoms with Gasteiger partial charge in [0.05, 0.1) is 24.0 Å². The lowest BCUT2D eigenvalue weighted by atomic mass is 9.98. The molecule has 0 saturated heterocycles. The van der Waals surface area contributed by atoms with Gasteiger partial charge < -0.3 is 25.3 Å². The smallest absolute Gasteiger partial charge is 0.262 e. The van der Waals surface area contributed by atoms with Crippen molar-refractivity contribution in [1.82, 2.24) is 0 Å². The first kappa shape index (κ1) is 26.0. The van der Waals surface area contributed by atoms with Crippen LogP contribution in [0.3, 0.4) is 0 Å². The molecule has 0 radical (unpaired) electrons. The van der Waals surface area contributed by atoms with E-state index >= 15 is 0 Å². The van der Waals surface area contributed by atoms with Crippen molar-refractivity contribution >= 4 is 51.1 Å². The average molecular weight is 563 g/mol. The summed E-state index contributed by atoms with van der Waals surface area (Å²) in [7, 11) is 1.51. The highest BCUT2D eigenvalue weighted by atomic mass is 79.9. The number of para-hydroxylation sites is 2. The number of anilines is 2. The van der Waals surface area contributed by atoms with Crippen LogP contribution < -0.4 is 25.3 Å². The Hall–Kier alpha value is -4.04. The standard InChI is InChI=1S/C29H27BrN2O5/c1-29(2)15-14-19-21(30)11-10-20(28(19)37-29)24(33)12-8-18-9-13-25(35-3)26(16-18)36-17-27(34)32-23-7-5-4-6-22(23)31/h4-16H,17,31H2,1-3H3,(H,32,34)/b12-8+. The second-order valence-corrected chi connectivity index (χ2v) is 9.76. The summed E-state index contributed by atoms with van der Waals surface area (Å²) >= 11 is 3.53. The van der Waals surface area contributed by atoms with Gasteiger partial charge in [-0.2, -0.15) is 0 Å². The molecule has 1 amide bonds. The van der Waals surface area contributed by atoms with Gasteiger partial charge in [-0.05, 0) is 68.0 Å². The third-order valence-electron chi connectivity index (χ3n) is 5.63. The van der Waals surface area contributed by atoms with Crippen LogP contribution in [0.5, 0.6) is 17.2 Å². The molecular weight excluding hydrogens is 536 g/mol. The van der Waals surface area contributed by atoms with Crippen molar-refractivity contribution in [2.24, 2.45) is 0 Å². The highest BCUT2D eigenvalue weighted by molar-refractivity contribution is 9.10. The molecule has 37 heavy (non-hydrogen) atoms. The molecule has 3 aromatic rings. The molecule has 0 unspecified atom stereocenters. The third kappa shape index (κ3) is 6.21. The molecule has 7 nitrogen and oxygen atoms in total. The Morgan fingerprint density at radius 1 is 1.11 bits per heavy atom. The number of halogens is 1. The zero-order valence-electron chi connectivity index (χ0n) is 20.7. The van der Waals surface area contributed by atoms with E-state index in [9.17, 15) is 9.59 Å². The topological polar surface area (TPSA) is 99.9 Å². The van der Waals surface area contributed by atoms with Gasteiger partial charge in [-0.1, -0.05) is 46.3 Å². The normalized spacial score (nSPS) is 13.5. The van der Waals surface area contributed by atoms with Gasteiger partial charge in [0.1, 0.15) is 11.4 Å². The highest BCUT2D eigenvalue weighted by Crippen LogP contribution is 2.39. The Kier molecular flexibility index (Phi) is 7.69. The molecule has 0 bridgehead atoms. The van der Waals surface area contributed by atoms with Crippen molar-refractivity contribution in [1.29, 1.82) is 0 Å². The van der Waals surface area contributed by atoms with Gasteiger partial charge in [-0.15, -0.1) is 0 Å². The number of allylic oxidation sites excluding steroid dienone is 1. The van der Waals surface area contributed by atoms with Crippen LogP contribution in [0.25, 0.3) is 12.2 Å². The number of nitrogens with two attached hydrogens (primary N) is 1. The molecule has 0 fully saturated rings. The zero-order valence-corrected chi connectivity index (χ0v) is 22.3. The Bertz CT molecular complexity index is 1410. The van der Waals surface area contributed by atoms with E-state index in [1.54, 1.807) is 54.6 Å². The minimum Gasteiger partial charge on any atom is -0.493 e. The van der Waals surface area contributed by atoms with Crippen LogP contribution in [0.15, 0.2) is 71.2 Å². The van der Waals surface area contributed by atoms with Gasteiger partial charge in [0.25, 0.3) is 5.91 Å². The van der Waals surface area contributed by atoms with E-state index in [1.807, 2.05) is 32.1 Å². The van der Waals surface area contributed by atoms with Gasteiger partial charge in [-0.25, -0.2) is 0 Å². The number of benzene rings is 3. The zero-order chi connectivity index (χ0) is 26.6. The lowest BCUT2D eigenvalue weighted by molar-refractivity contribution is -0.118. The van der Waals surface area contributed by atoms with Crippen molar-refractivity contribution in [2.45, 2.75) is 19.4 Å². The van der Waals surface area contributed by atoms with Crippen LogP contribution in [0, 0.1) is 0 Å². The summed E-state index contributed by atoms with van der Waals surface area (Å²) in [5.41, 5.74) is 8.32. The number of rotatable bonds is 8. The van der Waals surface area contributed by atoms with Gasteiger partial charge in [0.2, 0.25) is 0 Å². The maximum Gasteiger partial charge on any atom is 0.262 e. The molecule has 0 aliphatic carbocycles. The summed E-state index contributed by atoms with van der Waals surface area (Å²) in [4.78, 5) is 25.5. The molecule has 1 aliphatic heterocycles. The van der Waals surface area contributed by atoms with Gasteiger partial charge in [0, 0.05) is 10.0 Å². The predicted molar refractivity (Wildman–Crippen MR) is 149 cm³/mol. The summed E-state index contributed by atoms with van der Waals surface area (Å²) in [5.74, 6) is 0.797. The number of hydrogen-bond donors (Lipinski definition) is 2. The molecule has 1 aliphatic rings. The number of carbonyl (C=O) groups excluding carboxylic acids is 2. The largest absolute Gasteiger partial charge is 0.493 e. The molecule has 4 rings (SSSR count). The lowest BCUT2D eigenvalue weighted by Gasteiger charge is -2.29. The Morgan fingerprint density at radius 2 is 1.89 bits per heavy atom. The van der Waals surface area contributed by atoms with Crippen LogP contribution >= 0.6 is 15.9 Å². The number of ether oxygens (including phenoxy) is 3. The fourth-order valence-electron chi connectivity index (χ4n) is 3.73. The van der Waals surface area contributed by atoms with Crippen molar-refractivity contribution in [3.63, 3.8) is 0 Å². The van der Waals surface area contributed by atoms with Crippen molar-refractivity contribution in [3.05, 3.63) is 87.9 Å².